The van der Waals surface area contributed by atoms with E-state index in [1.54, 1.807) is 25.1 Å². The van der Waals surface area contributed by atoms with E-state index < -0.39 is 11.6 Å². The zero-order valence-corrected chi connectivity index (χ0v) is 16.5. The van der Waals surface area contributed by atoms with Crippen molar-refractivity contribution in [2.24, 2.45) is 7.05 Å². The third kappa shape index (κ3) is 4.04. The summed E-state index contributed by atoms with van der Waals surface area (Å²) in [6, 6.07) is 8.99. The maximum absolute atomic E-state index is 12.1. The van der Waals surface area contributed by atoms with Crippen molar-refractivity contribution in [3.63, 3.8) is 0 Å². The number of carboxylic acid groups (broad SMARTS) is 1. The summed E-state index contributed by atoms with van der Waals surface area (Å²) in [7, 11) is 3.45. The molecule has 0 radical (unpaired) electrons. The lowest BCUT2D eigenvalue weighted by molar-refractivity contribution is -0.160. The van der Waals surface area contributed by atoms with E-state index in [1.165, 1.54) is 7.11 Å². The maximum atomic E-state index is 12.1. The Labute approximate surface area is 164 Å². The Morgan fingerprint density at radius 1 is 1.18 bits per heavy atom. The maximum Gasteiger partial charge on any atom is 0.348 e. The molecular formula is C21H26N2O5. The van der Waals surface area contributed by atoms with Crippen LogP contribution in [0.5, 0.6) is 11.5 Å². The fourth-order valence-electron chi connectivity index (χ4n) is 3.53. The first-order valence-electron chi connectivity index (χ1n) is 9.28. The summed E-state index contributed by atoms with van der Waals surface area (Å²) in [6.07, 6.45) is 2.56. The van der Waals surface area contributed by atoms with Crippen molar-refractivity contribution in [1.82, 2.24) is 9.47 Å². The quantitative estimate of drug-likeness (QED) is 0.737. The average Bonchev–Trinajstić information content (AvgIpc) is 3.04. The molecule has 0 unspecified atom stereocenters. The zero-order chi connectivity index (χ0) is 20.3. The molecule has 2 aromatic rings. The smallest absolute Gasteiger partial charge is 0.348 e. The molecular weight excluding hydrogens is 360 g/mol. The van der Waals surface area contributed by atoms with Gasteiger partial charge in [-0.15, -0.1) is 0 Å². The molecule has 0 atom stereocenters. The lowest BCUT2D eigenvalue weighted by Gasteiger charge is -2.39. The third-order valence-corrected chi connectivity index (χ3v) is 5.33. The topological polar surface area (TPSA) is 81.0 Å². The fraction of sp³-hybridized carbons (Fsp3) is 0.429. The van der Waals surface area contributed by atoms with Crippen LogP contribution >= 0.6 is 0 Å². The number of likely N-dealkylation sites (tertiary alicyclic amines) is 1. The highest BCUT2D eigenvalue weighted by Crippen LogP contribution is 2.35. The largest absolute Gasteiger partial charge is 0.493 e. The van der Waals surface area contributed by atoms with Crippen molar-refractivity contribution in [1.29, 1.82) is 0 Å². The van der Waals surface area contributed by atoms with Crippen LogP contribution < -0.4 is 9.47 Å². The molecule has 0 saturated carbocycles. The number of carbonyl (C=O) groups is 2. The molecule has 1 N–H and O–H groups in total. The van der Waals surface area contributed by atoms with E-state index in [1.807, 2.05) is 29.9 Å². The first kappa shape index (κ1) is 19.9. The molecule has 1 aromatic heterocycles. The van der Waals surface area contributed by atoms with Gasteiger partial charge in [-0.25, -0.2) is 4.79 Å². The van der Waals surface area contributed by atoms with Crippen molar-refractivity contribution < 1.29 is 24.2 Å². The van der Waals surface area contributed by atoms with E-state index in [4.69, 9.17) is 9.47 Å². The minimum absolute atomic E-state index is 0.0376. The Balaban J connectivity index is 1.70. The summed E-state index contributed by atoms with van der Waals surface area (Å²) in [6.45, 7) is 3.38. The SMILES string of the molecule is COc1ccccc1OC1(C(=O)O)CCN(Cc2cc(C(C)=O)cn2C)CC1. The van der Waals surface area contributed by atoms with Crippen LogP contribution in [0.4, 0.5) is 0 Å². The van der Waals surface area contributed by atoms with E-state index in [9.17, 15) is 14.7 Å². The lowest BCUT2D eigenvalue weighted by atomic mass is 9.91. The summed E-state index contributed by atoms with van der Waals surface area (Å²) in [5, 5.41) is 9.87. The molecule has 7 nitrogen and oxygen atoms in total. The number of para-hydroxylation sites is 2. The second-order valence-electron chi connectivity index (χ2n) is 7.22. The van der Waals surface area contributed by atoms with Crippen LogP contribution in [0.2, 0.25) is 0 Å². The monoisotopic (exact) mass is 386 g/mol. The molecule has 7 heteroatoms. The Morgan fingerprint density at radius 2 is 1.82 bits per heavy atom. The number of benzene rings is 1. The molecule has 1 aliphatic heterocycles. The number of piperidine rings is 1. The number of ether oxygens (including phenoxy) is 2. The standard InChI is InChI=1S/C21H26N2O5/c1-15(24)16-12-17(22(2)13-16)14-23-10-8-21(9-11-23,20(25)26)28-19-7-5-4-6-18(19)27-3/h4-7,12-13H,8-11,14H2,1-3H3,(H,25,26). The van der Waals surface area contributed by atoms with Gasteiger partial charge in [-0.05, 0) is 25.1 Å². The van der Waals surface area contributed by atoms with Crippen LogP contribution in [0.3, 0.4) is 0 Å². The number of carboxylic acids is 1. The summed E-state index contributed by atoms with van der Waals surface area (Å²) in [5.41, 5.74) is 0.441. The van der Waals surface area contributed by atoms with Crippen molar-refractivity contribution >= 4 is 11.8 Å². The van der Waals surface area contributed by atoms with Gasteiger partial charge in [-0.1, -0.05) is 12.1 Å². The van der Waals surface area contributed by atoms with Crippen LogP contribution in [0.25, 0.3) is 0 Å². The minimum Gasteiger partial charge on any atom is -0.493 e. The fourth-order valence-corrected chi connectivity index (χ4v) is 3.53. The highest BCUT2D eigenvalue weighted by molar-refractivity contribution is 5.94. The number of rotatable bonds is 7. The molecule has 1 fully saturated rings. The number of aryl methyl sites for hydroxylation is 1. The summed E-state index contributed by atoms with van der Waals surface area (Å²) >= 11 is 0. The second kappa shape index (κ2) is 8.06. The van der Waals surface area contributed by atoms with Gasteiger partial charge in [0.2, 0.25) is 5.60 Å². The lowest BCUT2D eigenvalue weighted by Crippen LogP contribution is -2.53. The second-order valence-corrected chi connectivity index (χ2v) is 7.22. The number of hydrogen-bond donors (Lipinski definition) is 1. The van der Waals surface area contributed by atoms with Crippen molar-refractivity contribution in [3.8, 4) is 11.5 Å². The highest BCUT2D eigenvalue weighted by Gasteiger charge is 2.44. The molecule has 1 saturated heterocycles. The number of nitrogens with zero attached hydrogens (tertiary/aromatic N) is 2. The number of methoxy groups -OCH3 is 1. The first-order chi connectivity index (χ1) is 13.3. The van der Waals surface area contributed by atoms with E-state index in [-0.39, 0.29) is 5.78 Å². The van der Waals surface area contributed by atoms with Crippen LogP contribution in [-0.4, -0.2) is 52.1 Å². The molecule has 0 amide bonds. The molecule has 0 bridgehead atoms. The summed E-state index contributed by atoms with van der Waals surface area (Å²) in [5.74, 6) is 0.0342. The summed E-state index contributed by atoms with van der Waals surface area (Å²) in [4.78, 5) is 25.8. The van der Waals surface area contributed by atoms with E-state index in [2.05, 4.69) is 4.90 Å². The van der Waals surface area contributed by atoms with Gasteiger partial charge in [0.05, 0.1) is 7.11 Å². The molecule has 28 heavy (non-hydrogen) atoms. The highest BCUT2D eigenvalue weighted by atomic mass is 16.5. The third-order valence-electron chi connectivity index (χ3n) is 5.33. The number of Topliss-reactive ketones (excluding diaryl/α,β-unsaturated/α-hetero) is 1. The van der Waals surface area contributed by atoms with Gasteiger partial charge in [0.1, 0.15) is 0 Å². The van der Waals surface area contributed by atoms with Gasteiger partial charge in [0, 0.05) is 57.0 Å². The van der Waals surface area contributed by atoms with Crippen LogP contribution in [0, 0.1) is 0 Å². The Kier molecular flexibility index (Phi) is 5.74. The van der Waals surface area contributed by atoms with Crippen LogP contribution in [0.1, 0.15) is 35.8 Å². The predicted octanol–water partition coefficient (Wildman–Crippen LogP) is 2.73. The molecule has 3 rings (SSSR count). The molecule has 0 aliphatic carbocycles. The van der Waals surface area contributed by atoms with E-state index in [0.29, 0.717) is 49.5 Å². The van der Waals surface area contributed by atoms with E-state index in [0.717, 1.165) is 5.69 Å². The zero-order valence-electron chi connectivity index (χ0n) is 16.5. The van der Waals surface area contributed by atoms with Crippen molar-refractivity contribution in [2.45, 2.75) is 31.9 Å². The Hall–Kier alpha value is -2.80. The van der Waals surface area contributed by atoms with Gasteiger partial charge in [-0.3, -0.25) is 9.69 Å². The normalized spacial score (nSPS) is 16.5. The van der Waals surface area contributed by atoms with Gasteiger partial charge in [-0.2, -0.15) is 0 Å². The molecule has 0 spiro atoms. The first-order valence-corrected chi connectivity index (χ1v) is 9.28. The van der Waals surface area contributed by atoms with Crippen molar-refractivity contribution in [3.05, 3.63) is 47.8 Å². The van der Waals surface area contributed by atoms with Crippen LogP contribution in [0.15, 0.2) is 36.5 Å². The van der Waals surface area contributed by atoms with Gasteiger partial charge >= 0.3 is 5.97 Å². The number of aliphatic carboxylic acids is 1. The average molecular weight is 386 g/mol. The van der Waals surface area contributed by atoms with Gasteiger partial charge < -0.3 is 19.1 Å². The predicted molar refractivity (Wildman–Crippen MR) is 104 cm³/mol. The van der Waals surface area contributed by atoms with Gasteiger partial charge in [0.15, 0.2) is 17.3 Å². The number of aromatic nitrogens is 1. The molecule has 2 heterocycles. The number of carbonyl (C=O) groups excluding carboxylic acids is 1. The van der Waals surface area contributed by atoms with Gasteiger partial charge in [0.25, 0.3) is 0 Å². The molecule has 1 aromatic carbocycles. The minimum atomic E-state index is -1.27. The number of hydrogen-bond acceptors (Lipinski definition) is 5. The summed E-state index contributed by atoms with van der Waals surface area (Å²) < 4.78 is 13.2. The Bertz CT molecular complexity index is 865. The van der Waals surface area contributed by atoms with Crippen LogP contribution in [-0.2, 0) is 18.4 Å². The molecule has 150 valence electrons. The van der Waals surface area contributed by atoms with E-state index >= 15 is 0 Å². The Morgan fingerprint density at radius 3 is 2.36 bits per heavy atom. The number of ketones is 1. The molecule has 1 aliphatic rings. The van der Waals surface area contributed by atoms with Crippen molar-refractivity contribution in [2.75, 3.05) is 20.2 Å².